The lowest BCUT2D eigenvalue weighted by molar-refractivity contribution is -0.151. The molecule has 0 saturated heterocycles. The number of carbonyl (C=O) groups excluding carboxylic acids is 2. The number of ether oxygens (including phenoxy) is 1. The first kappa shape index (κ1) is 52.8. The van der Waals surface area contributed by atoms with E-state index in [2.05, 4.69) is 74.7 Å². The van der Waals surface area contributed by atoms with Gasteiger partial charge in [0, 0.05) is 6.42 Å². The Morgan fingerprint density at radius 1 is 0.545 bits per heavy atom. The Kier molecular flexibility index (Phi) is 41.2. The maximum atomic E-state index is 13.1. The zero-order valence-electron chi connectivity index (χ0n) is 36.3. The van der Waals surface area contributed by atoms with Crippen molar-refractivity contribution in [1.82, 2.24) is 5.32 Å². The number of rotatable bonds is 41. The number of carbonyl (C=O) groups is 2. The number of aliphatic hydroxyl groups excluding tert-OH is 2. The van der Waals surface area contributed by atoms with Gasteiger partial charge in [0.2, 0.25) is 5.91 Å². The molecule has 3 atom stereocenters. The summed E-state index contributed by atoms with van der Waals surface area (Å²) in [6, 6.07) is -0.713. The van der Waals surface area contributed by atoms with Crippen molar-refractivity contribution < 1.29 is 24.5 Å². The van der Waals surface area contributed by atoms with Crippen LogP contribution in [-0.2, 0) is 14.3 Å². The summed E-state index contributed by atoms with van der Waals surface area (Å²) < 4.78 is 5.88. The highest BCUT2D eigenvalue weighted by molar-refractivity contribution is 5.77. The minimum absolute atomic E-state index is 0.0483. The molecular formula is C49H89NO5. The van der Waals surface area contributed by atoms with Crippen LogP contribution in [0.4, 0.5) is 0 Å². The van der Waals surface area contributed by atoms with Gasteiger partial charge >= 0.3 is 5.97 Å². The lowest BCUT2D eigenvalue weighted by Crippen LogP contribution is -2.46. The van der Waals surface area contributed by atoms with Crippen molar-refractivity contribution in [1.29, 1.82) is 0 Å². The predicted molar refractivity (Wildman–Crippen MR) is 236 cm³/mol. The molecule has 0 aliphatic rings. The molecule has 0 aromatic heterocycles. The Bertz CT molecular complexity index is 957. The van der Waals surface area contributed by atoms with Crippen molar-refractivity contribution in [3.8, 4) is 0 Å². The molecule has 0 aromatic rings. The van der Waals surface area contributed by atoms with Gasteiger partial charge in [-0.15, -0.1) is 0 Å². The second-order valence-corrected chi connectivity index (χ2v) is 15.8. The smallest absolute Gasteiger partial charge is 0.306 e. The van der Waals surface area contributed by atoms with E-state index in [1.54, 1.807) is 0 Å². The van der Waals surface area contributed by atoms with Crippen LogP contribution in [0.15, 0.2) is 48.6 Å². The van der Waals surface area contributed by atoms with Gasteiger partial charge in [0.05, 0.1) is 25.2 Å². The Hall–Kier alpha value is -2.18. The quantitative estimate of drug-likeness (QED) is 0.0327. The molecule has 1 amide bonds. The number of unbranched alkanes of at least 4 members (excludes halogenated alkanes) is 21. The van der Waals surface area contributed by atoms with E-state index in [1.165, 1.54) is 96.3 Å². The van der Waals surface area contributed by atoms with Crippen LogP contribution in [0.3, 0.4) is 0 Å². The molecule has 0 saturated carbocycles. The van der Waals surface area contributed by atoms with E-state index in [0.717, 1.165) is 83.5 Å². The highest BCUT2D eigenvalue weighted by atomic mass is 16.5. The van der Waals surface area contributed by atoms with Gasteiger partial charge in [-0.1, -0.05) is 179 Å². The van der Waals surface area contributed by atoms with Gasteiger partial charge in [-0.3, -0.25) is 9.59 Å². The largest absolute Gasteiger partial charge is 0.462 e. The Balaban J connectivity index is 4.65. The number of allylic oxidation sites excluding steroid dienone is 8. The number of aliphatic hydroxyl groups is 2. The molecule has 6 nitrogen and oxygen atoms in total. The third kappa shape index (κ3) is 38.5. The fourth-order valence-electron chi connectivity index (χ4n) is 6.85. The Morgan fingerprint density at radius 2 is 0.982 bits per heavy atom. The van der Waals surface area contributed by atoms with Gasteiger partial charge in [0.15, 0.2) is 0 Å². The van der Waals surface area contributed by atoms with Gasteiger partial charge in [0.1, 0.15) is 6.10 Å². The summed E-state index contributed by atoms with van der Waals surface area (Å²) in [6.45, 7) is 6.32. The van der Waals surface area contributed by atoms with Crippen molar-refractivity contribution in [2.75, 3.05) is 6.61 Å². The standard InChI is InChI=1S/C49H89NO5/c1-4-7-10-13-16-19-22-25-28-31-34-37-40-45(55-49(54)42-39-36-33-30-27-24-21-18-15-12-9-6-3)43-48(53)50-46(44-51)47(52)41-38-35-32-29-26-23-20-17-14-11-8-5-2/h7,10,16,18-19,21,25,28,45-47,51-52H,4-6,8-9,11-15,17,20,22-24,26-27,29-44H2,1-3H3,(H,50,53)/b10-7+,19-16+,21-18-,28-25+. The predicted octanol–water partition coefficient (Wildman–Crippen LogP) is 13.5. The van der Waals surface area contributed by atoms with Crippen LogP contribution >= 0.6 is 0 Å². The number of esters is 1. The van der Waals surface area contributed by atoms with Crippen molar-refractivity contribution in [2.24, 2.45) is 0 Å². The van der Waals surface area contributed by atoms with Crippen molar-refractivity contribution in [2.45, 2.75) is 244 Å². The average molecular weight is 772 g/mol. The number of nitrogens with one attached hydrogen (secondary N) is 1. The lowest BCUT2D eigenvalue weighted by Gasteiger charge is -2.24. The average Bonchev–Trinajstić information content (AvgIpc) is 3.18. The number of hydrogen-bond donors (Lipinski definition) is 3. The fraction of sp³-hybridized carbons (Fsp3) is 0.796. The van der Waals surface area contributed by atoms with Crippen LogP contribution in [0.1, 0.15) is 226 Å². The van der Waals surface area contributed by atoms with Crippen LogP contribution in [0.5, 0.6) is 0 Å². The van der Waals surface area contributed by atoms with Crippen molar-refractivity contribution >= 4 is 11.9 Å². The SMILES string of the molecule is CC/C=C/C/C=C/C/C=C/CCCCC(CC(=O)NC(CO)C(O)CCCCCCCCCCCCCC)OC(=O)CCCCCCC/C=C\CCCCC. The first-order chi connectivity index (χ1) is 27.0. The van der Waals surface area contributed by atoms with E-state index in [9.17, 15) is 19.8 Å². The summed E-state index contributed by atoms with van der Waals surface area (Å²) in [5, 5.41) is 23.6. The summed E-state index contributed by atoms with van der Waals surface area (Å²) >= 11 is 0. The third-order valence-corrected chi connectivity index (χ3v) is 10.4. The molecule has 0 radical (unpaired) electrons. The lowest BCUT2D eigenvalue weighted by atomic mass is 10.0. The first-order valence-electron chi connectivity index (χ1n) is 23.4. The van der Waals surface area contributed by atoms with Gasteiger partial charge < -0.3 is 20.3 Å². The summed E-state index contributed by atoms with van der Waals surface area (Å²) in [5.41, 5.74) is 0. The molecule has 3 N–H and O–H groups in total. The second kappa shape index (κ2) is 43.0. The molecule has 0 bridgehead atoms. The van der Waals surface area contributed by atoms with E-state index in [4.69, 9.17) is 4.74 Å². The molecule has 0 rings (SSSR count). The third-order valence-electron chi connectivity index (χ3n) is 10.4. The van der Waals surface area contributed by atoms with E-state index < -0.39 is 18.2 Å². The van der Waals surface area contributed by atoms with E-state index in [-0.39, 0.29) is 24.9 Å². The minimum Gasteiger partial charge on any atom is -0.462 e. The maximum Gasteiger partial charge on any atom is 0.306 e. The number of hydrogen-bond acceptors (Lipinski definition) is 5. The molecule has 0 aliphatic heterocycles. The first-order valence-corrected chi connectivity index (χ1v) is 23.4. The zero-order valence-corrected chi connectivity index (χ0v) is 36.3. The van der Waals surface area contributed by atoms with E-state index in [1.807, 2.05) is 0 Å². The molecule has 0 fully saturated rings. The van der Waals surface area contributed by atoms with Crippen molar-refractivity contribution in [3.63, 3.8) is 0 Å². The summed E-state index contributed by atoms with van der Waals surface area (Å²) in [5.74, 6) is -0.524. The summed E-state index contributed by atoms with van der Waals surface area (Å²) in [4.78, 5) is 26.0. The van der Waals surface area contributed by atoms with Crippen LogP contribution in [0, 0.1) is 0 Å². The fourth-order valence-corrected chi connectivity index (χ4v) is 6.85. The molecule has 0 spiro atoms. The van der Waals surface area contributed by atoms with Crippen LogP contribution in [0.2, 0.25) is 0 Å². The Morgan fingerprint density at radius 3 is 1.56 bits per heavy atom. The zero-order chi connectivity index (χ0) is 40.3. The van der Waals surface area contributed by atoms with Crippen LogP contribution in [0.25, 0.3) is 0 Å². The highest BCUT2D eigenvalue weighted by Crippen LogP contribution is 2.17. The normalized spacial score (nSPS) is 13.8. The van der Waals surface area contributed by atoms with Crippen LogP contribution in [-0.4, -0.2) is 46.9 Å². The van der Waals surface area contributed by atoms with Gasteiger partial charge in [0.25, 0.3) is 0 Å². The Labute approximate surface area is 340 Å². The highest BCUT2D eigenvalue weighted by Gasteiger charge is 2.24. The maximum absolute atomic E-state index is 13.1. The van der Waals surface area contributed by atoms with Gasteiger partial charge in [-0.05, 0) is 83.5 Å². The monoisotopic (exact) mass is 772 g/mol. The van der Waals surface area contributed by atoms with E-state index >= 15 is 0 Å². The molecule has 6 heteroatoms. The minimum atomic E-state index is -0.797. The van der Waals surface area contributed by atoms with Crippen molar-refractivity contribution in [3.05, 3.63) is 48.6 Å². The van der Waals surface area contributed by atoms with E-state index in [0.29, 0.717) is 19.3 Å². The summed E-state index contributed by atoms with van der Waals surface area (Å²) in [7, 11) is 0. The molecule has 3 unspecified atom stereocenters. The molecule has 0 aromatic carbocycles. The molecular weight excluding hydrogens is 683 g/mol. The molecule has 0 heterocycles. The summed E-state index contributed by atoms with van der Waals surface area (Å²) in [6.07, 6.45) is 50.3. The number of amides is 1. The molecule has 320 valence electrons. The van der Waals surface area contributed by atoms with Gasteiger partial charge in [-0.25, -0.2) is 0 Å². The van der Waals surface area contributed by atoms with Crippen LogP contribution < -0.4 is 5.32 Å². The van der Waals surface area contributed by atoms with Gasteiger partial charge in [-0.2, -0.15) is 0 Å². The molecule has 55 heavy (non-hydrogen) atoms. The topological polar surface area (TPSA) is 95.9 Å². The molecule has 0 aliphatic carbocycles. The second-order valence-electron chi connectivity index (χ2n) is 15.8.